The molecule has 0 unspecified atom stereocenters. The van der Waals surface area contributed by atoms with Crippen LogP contribution in [0.5, 0.6) is 0 Å². The third-order valence-electron chi connectivity index (χ3n) is 5.82. The van der Waals surface area contributed by atoms with Gasteiger partial charge in [0.15, 0.2) is 0 Å². The molecule has 0 radical (unpaired) electrons. The lowest BCUT2D eigenvalue weighted by Gasteiger charge is -2.20. The summed E-state index contributed by atoms with van der Waals surface area (Å²) in [6.45, 7) is 1.88. The van der Waals surface area contributed by atoms with Crippen molar-refractivity contribution in [3.05, 3.63) is 90.1 Å². The molecule has 6 nitrogen and oxygen atoms in total. The second-order valence-electron chi connectivity index (χ2n) is 8.10. The van der Waals surface area contributed by atoms with Crippen LogP contribution in [0.4, 0.5) is 22.7 Å². The quantitative estimate of drug-likeness (QED) is 0.342. The summed E-state index contributed by atoms with van der Waals surface area (Å²) in [4.78, 5) is 20.5. The van der Waals surface area contributed by atoms with Crippen LogP contribution >= 0.6 is 11.3 Å². The number of nitrogens with two attached hydrogens (primary N) is 1. The maximum absolute atomic E-state index is 12.9. The van der Waals surface area contributed by atoms with Gasteiger partial charge in [0.05, 0.1) is 17.1 Å². The number of carbonyl (C=O) groups excluding carboxylic acids is 1. The summed E-state index contributed by atoms with van der Waals surface area (Å²) in [6, 6.07) is 21.9. The highest BCUT2D eigenvalue weighted by atomic mass is 32.1. The number of rotatable bonds is 6. The Morgan fingerprint density at radius 1 is 1.09 bits per heavy atom. The Bertz CT molecular complexity index is 1230. The zero-order valence-corrected chi connectivity index (χ0v) is 18.9. The van der Waals surface area contributed by atoms with Gasteiger partial charge in [-0.25, -0.2) is 0 Å². The number of amides is 1. The molecule has 1 saturated heterocycles. The number of nitrogens with zero attached hydrogens (tertiary/aromatic N) is 2. The average molecular weight is 456 g/mol. The SMILES string of the molecule is Nc1ccc(-c2cccs2)cc1NC(=O)c1ccc(N2CC[C@H](Nc3cccnc3)C2)cc1. The van der Waals surface area contributed by atoms with E-state index in [1.807, 2.05) is 72.2 Å². The fourth-order valence-electron chi connectivity index (χ4n) is 4.08. The summed E-state index contributed by atoms with van der Waals surface area (Å²) in [5.74, 6) is -0.172. The Labute approximate surface area is 197 Å². The molecule has 0 bridgehead atoms. The Hall–Kier alpha value is -3.84. The molecule has 1 amide bonds. The van der Waals surface area contributed by atoms with Gasteiger partial charge in [-0.2, -0.15) is 0 Å². The standard InChI is InChI=1S/C26H25N5OS/c27-23-10-7-19(25-4-2-14-33-25)15-24(23)30-26(32)18-5-8-22(9-6-18)31-13-11-21(17-31)29-20-3-1-12-28-16-20/h1-10,12,14-16,21,29H,11,13,17,27H2,(H,30,32)/t21-/m0/s1. The number of benzene rings is 2. The average Bonchev–Trinajstić information content (AvgIpc) is 3.54. The van der Waals surface area contributed by atoms with Gasteiger partial charge >= 0.3 is 0 Å². The highest BCUT2D eigenvalue weighted by molar-refractivity contribution is 7.13. The molecule has 1 fully saturated rings. The number of anilines is 4. The minimum Gasteiger partial charge on any atom is -0.397 e. The minimum absolute atomic E-state index is 0.172. The van der Waals surface area contributed by atoms with Gasteiger partial charge in [-0.15, -0.1) is 11.3 Å². The van der Waals surface area contributed by atoms with Crippen LogP contribution in [0.25, 0.3) is 10.4 Å². The van der Waals surface area contributed by atoms with E-state index in [-0.39, 0.29) is 5.91 Å². The lowest BCUT2D eigenvalue weighted by atomic mass is 10.1. The molecular weight excluding hydrogens is 430 g/mol. The van der Waals surface area contributed by atoms with E-state index in [1.54, 1.807) is 17.5 Å². The van der Waals surface area contributed by atoms with Crippen molar-refractivity contribution in [1.82, 2.24) is 4.98 Å². The molecule has 0 spiro atoms. The molecule has 2 aromatic heterocycles. The molecule has 1 atom stereocenters. The number of nitrogens with one attached hydrogen (secondary N) is 2. The lowest BCUT2D eigenvalue weighted by molar-refractivity contribution is 0.102. The highest BCUT2D eigenvalue weighted by Crippen LogP contribution is 2.30. The van der Waals surface area contributed by atoms with Crippen LogP contribution in [0.15, 0.2) is 84.5 Å². The monoisotopic (exact) mass is 455 g/mol. The first-order valence-electron chi connectivity index (χ1n) is 10.9. The number of aromatic nitrogens is 1. The highest BCUT2D eigenvalue weighted by Gasteiger charge is 2.23. The molecule has 4 N–H and O–H groups in total. The molecule has 2 aromatic carbocycles. The van der Waals surface area contributed by atoms with Gasteiger partial charge in [-0.05, 0) is 72.0 Å². The topological polar surface area (TPSA) is 83.3 Å². The Balaban J connectivity index is 1.23. The van der Waals surface area contributed by atoms with Gasteiger partial charge in [-0.3, -0.25) is 9.78 Å². The normalized spacial score (nSPS) is 15.4. The van der Waals surface area contributed by atoms with Gasteiger partial charge in [0.2, 0.25) is 0 Å². The summed E-state index contributed by atoms with van der Waals surface area (Å²) >= 11 is 1.65. The van der Waals surface area contributed by atoms with E-state index in [2.05, 4.69) is 26.6 Å². The molecule has 0 saturated carbocycles. The maximum Gasteiger partial charge on any atom is 0.255 e. The van der Waals surface area contributed by atoms with E-state index >= 15 is 0 Å². The zero-order chi connectivity index (χ0) is 22.6. The van der Waals surface area contributed by atoms with Crippen LogP contribution in [0.1, 0.15) is 16.8 Å². The van der Waals surface area contributed by atoms with E-state index in [1.165, 1.54) is 0 Å². The summed E-state index contributed by atoms with van der Waals surface area (Å²) in [5.41, 5.74) is 11.1. The summed E-state index contributed by atoms with van der Waals surface area (Å²) < 4.78 is 0. The predicted molar refractivity (Wildman–Crippen MR) is 137 cm³/mol. The molecular formula is C26H25N5OS. The van der Waals surface area contributed by atoms with Crippen LogP contribution in [-0.2, 0) is 0 Å². The molecule has 1 aliphatic rings. The van der Waals surface area contributed by atoms with E-state index in [4.69, 9.17) is 5.73 Å². The molecule has 166 valence electrons. The van der Waals surface area contributed by atoms with Crippen molar-refractivity contribution in [2.75, 3.05) is 34.4 Å². The predicted octanol–water partition coefficient (Wildman–Crippen LogP) is 5.34. The van der Waals surface area contributed by atoms with Gasteiger partial charge in [0.25, 0.3) is 5.91 Å². The van der Waals surface area contributed by atoms with Crippen molar-refractivity contribution in [1.29, 1.82) is 0 Å². The number of pyridine rings is 1. The van der Waals surface area contributed by atoms with E-state index < -0.39 is 0 Å². The maximum atomic E-state index is 12.9. The van der Waals surface area contributed by atoms with E-state index in [0.717, 1.165) is 41.3 Å². The first-order chi connectivity index (χ1) is 16.2. The number of nitrogen functional groups attached to an aromatic ring is 1. The molecule has 3 heterocycles. The smallest absolute Gasteiger partial charge is 0.255 e. The second-order valence-corrected chi connectivity index (χ2v) is 9.05. The van der Waals surface area contributed by atoms with Crippen LogP contribution in [0.2, 0.25) is 0 Å². The van der Waals surface area contributed by atoms with Gasteiger partial charge in [0, 0.05) is 47.7 Å². The van der Waals surface area contributed by atoms with Crippen LogP contribution in [-0.4, -0.2) is 30.0 Å². The third-order valence-corrected chi connectivity index (χ3v) is 6.74. The molecule has 33 heavy (non-hydrogen) atoms. The number of carbonyl (C=O) groups is 1. The van der Waals surface area contributed by atoms with Crippen molar-refractivity contribution in [2.45, 2.75) is 12.5 Å². The fourth-order valence-corrected chi connectivity index (χ4v) is 4.80. The number of hydrogen-bond donors (Lipinski definition) is 3. The zero-order valence-electron chi connectivity index (χ0n) is 18.1. The molecule has 7 heteroatoms. The number of hydrogen-bond acceptors (Lipinski definition) is 6. The first kappa shape index (κ1) is 21.0. The van der Waals surface area contributed by atoms with Crippen molar-refractivity contribution in [3.63, 3.8) is 0 Å². The molecule has 1 aliphatic heterocycles. The third kappa shape index (κ3) is 4.83. The molecule has 0 aliphatic carbocycles. The molecule has 5 rings (SSSR count). The Morgan fingerprint density at radius 3 is 2.73 bits per heavy atom. The van der Waals surface area contributed by atoms with E-state index in [0.29, 0.717) is 23.0 Å². The van der Waals surface area contributed by atoms with Gasteiger partial charge in [-0.1, -0.05) is 12.1 Å². The van der Waals surface area contributed by atoms with Crippen molar-refractivity contribution >= 4 is 40.0 Å². The summed E-state index contributed by atoms with van der Waals surface area (Å²) in [7, 11) is 0. The van der Waals surface area contributed by atoms with Crippen molar-refractivity contribution in [3.8, 4) is 10.4 Å². The first-order valence-corrected chi connectivity index (χ1v) is 11.8. The fraction of sp³-hybridized carbons (Fsp3) is 0.154. The van der Waals surface area contributed by atoms with E-state index in [9.17, 15) is 4.79 Å². The Morgan fingerprint density at radius 2 is 1.97 bits per heavy atom. The minimum atomic E-state index is -0.172. The Kier molecular flexibility index (Phi) is 5.95. The van der Waals surface area contributed by atoms with Crippen molar-refractivity contribution in [2.24, 2.45) is 0 Å². The van der Waals surface area contributed by atoms with Crippen molar-refractivity contribution < 1.29 is 4.79 Å². The summed E-state index contributed by atoms with van der Waals surface area (Å²) in [6.07, 6.45) is 4.68. The number of thiophene rings is 1. The van der Waals surface area contributed by atoms with Crippen LogP contribution < -0.4 is 21.3 Å². The van der Waals surface area contributed by atoms with Crippen LogP contribution in [0.3, 0.4) is 0 Å². The van der Waals surface area contributed by atoms with Gasteiger partial charge in [0.1, 0.15) is 0 Å². The second kappa shape index (κ2) is 9.34. The molecule has 4 aromatic rings. The largest absolute Gasteiger partial charge is 0.397 e. The summed E-state index contributed by atoms with van der Waals surface area (Å²) in [5, 5.41) is 8.53. The lowest BCUT2D eigenvalue weighted by Crippen LogP contribution is -2.26. The van der Waals surface area contributed by atoms with Crippen LogP contribution in [0, 0.1) is 0 Å². The van der Waals surface area contributed by atoms with Gasteiger partial charge < -0.3 is 21.3 Å².